The molecule has 1 aliphatic heterocycles. The van der Waals surface area contributed by atoms with Crippen molar-refractivity contribution >= 4 is 11.7 Å². The molecule has 5 nitrogen and oxygen atoms in total. The smallest absolute Gasteiger partial charge is 0.248 e. The van der Waals surface area contributed by atoms with Gasteiger partial charge >= 0.3 is 0 Å². The van der Waals surface area contributed by atoms with Gasteiger partial charge in [0.1, 0.15) is 5.75 Å². The quantitative estimate of drug-likeness (QED) is 0.857. The van der Waals surface area contributed by atoms with Crippen LogP contribution < -0.4 is 10.5 Å². The van der Waals surface area contributed by atoms with Crippen LogP contribution >= 0.6 is 0 Å². The Bertz CT molecular complexity index is 751. The Hall–Kier alpha value is -2.66. The van der Waals surface area contributed by atoms with Gasteiger partial charge in [-0.05, 0) is 37.1 Å². The molecule has 2 N–H and O–H groups in total. The zero-order valence-corrected chi connectivity index (χ0v) is 13.2. The molecular weight excluding hydrogens is 306 g/mol. The fourth-order valence-corrected chi connectivity index (χ4v) is 2.65. The minimum Gasteiger partial charge on any atom is -0.465 e. The molecule has 0 spiro atoms. The van der Waals surface area contributed by atoms with Gasteiger partial charge in [0.05, 0.1) is 6.61 Å². The van der Waals surface area contributed by atoms with Crippen LogP contribution in [0.5, 0.6) is 5.75 Å². The first-order valence-electron chi connectivity index (χ1n) is 7.96. The van der Waals surface area contributed by atoms with Crippen LogP contribution in [-0.2, 0) is 4.74 Å². The lowest BCUT2D eigenvalue weighted by molar-refractivity contribution is -0.105. The van der Waals surface area contributed by atoms with Crippen LogP contribution in [0.3, 0.4) is 0 Å². The summed E-state index contributed by atoms with van der Waals surface area (Å²) in [6, 6.07) is 13.4. The minimum absolute atomic E-state index is 0.187. The lowest BCUT2D eigenvalue weighted by Crippen LogP contribution is -2.25. The second kappa shape index (κ2) is 7.27. The molecule has 1 amide bonds. The van der Waals surface area contributed by atoms with Crippen LogP contribution in [0, 0.1) is 0 Å². The van der Waals surface area contributed by atoms with Crippen LogP contribution in [0.25, 0.3) is 0 Å². The van der Waals surface area contributed by atoms with E-state index in [4.69, 9.17) is 15.2 Å². The Balaban J connectivity index is 1.78. The van der Waals surface area contributed by atoms with Gasteiger partial charge < -0.3 is 15.2 Å². The van der Waals surface area contributed by atoms with Gasteiger partial charge in [-0.2, -0.15) is 0 Å². The molecule has 3 rings (SSSR count). The van der Waals surface area contributed by atoms with Crippen molar-refractivity contribution in [2.24, 2.45) is 5.73 Å². The number of ether oxygens (including phenoxy) is 2. The van der Waals surface area contributed by atoms with Crippen molar-refractivity contribution in [3.05, 3.63) is 65.2 Å². The van der Waals surface area contributed by atoms with Crippen LogP contribution in [0.15, 0.2) is 48.5 Å². The lowest BCUT2D eigenvalue weighted by atomic mass is 10.0. The summed E-state index contributed by atoms with van der Waals surface area (Å²) in [5.41, 5.74) is 6.48. The van der Waals surface area contributed by atoms with Crippen molar-refractivity contribution < 1.29 is 19.1 Å². The van der Waals surface area contributed by atoms with E-state index in [0.717, 1.165) is 19.3 Å². The third-order valence-electron chi connectivity index (χ3n) is 3.91. The van der Waals surface area contributed by atoms with Crippen LogP contribution in [0.4, 0.5) is 0 Å². The number of rotatable bonds is 5. The molecule has 0 aromatic heterocycles. The molecule has 1 aliphatic rings. The summed E-state index contributed by atoms with van der Waals surface area (Å²) in [6.07, 6.45) is 2.71. The second-order valence-electron chi connectivity index (χ2n) is 5.72. The molecule has 1 heterocycles. The van der Waals surface area contributed by atoms with E-state index < -0.39 is 5.91 Å². The van der Waals surface area contributed by atoms with Gasteiger partial charge in [0.2, 0.25) is 5.91 Å². The van der Waals surface area contributed by atoms with E-state index in [1.54, 1.807) is 42.5 Å². The molecule has 5 heteroatoms. The molecule has 124 valence electrons. The predicted octanol–water partition coefficient (Wildman–Crippen LogP) is 2.92. The minimum atomic E-state index is -0.559. The van der Waals surface area contributed by atoms with E-state index in [-0.39, 0.29) is 12.1 Å². The van der Waals surface area contributed by atoms with Crippen molar-refractivity contribution in [2.75, 3.05) is 6.61 Å². The van der Waals surface area contributed by atoms with Crippen LogP contribution in [-0.4, -0.2) is 24.6 Å². The van der Waals surface area contributed by atoms with Gasteiger partial charge in [0.15, 0.2) is 12.1 Å². The fourth-order valence-electron chi connectivity index (χ4n) is 2.65. The van der Waals surface area contributed by atoms with E-state index in [2.05, 4.69) is 0 Å². The number of nitrogens with two attached hydrogens (primary N) is 1. The molecule has 2 aromatic carbocycles. The number of hydrogen-bond acceptors (Lipinski definition) is 4. The highest BCUT2D eigenvalue weighted by atomic mass is 16.7. The summed E-state index contributed by atoms with van der Waals surface area (Å²) in [7, 11) is 0. The summed E-state index contributed by atoms with van der Waals surface area (Å²) < 4.78 is 11.3. The van der Waals surface area contributed by atoms with E-state index in [0.29, 0.717) is 29.0 Å². The van der Waals surface area contributed by atoms with Gasteiger partial charge in [-0.15, -0.1) is 0 Å². The Morgan fingerprint density at radius 2 is 1.71 bits per heavy atom. The number of primary amides is 1. The summed E-state index contributed by atoms with van der Waals surface area (Å²) in [5.74, 6) is -0.150. The molecule has 2 aromatic rings. The van der Waals surface area contributed by atoms with Gasteiger partial charge in [-0.25, -0.2) is 0 Å². The molecule has 24 heavy (non-hydrogen) atoms. The lowest BCUT2D eigenvalue weighted by Gasteiger charge is -2.23. The number of hydrogen-bond donors (Lipinski definition) is 1. The standard InChI is InChI=1S/C19H19NO4/c20-19(22)15-7-3-5-13(11-15)18(21)14-6-4-8-16(12-14)24-17-9-1-2-10-23-17/h3-8,11-12,17H,1-2,9-10H2,(H2,20,22). The number of benzene rings is 2. The zero-order chi connectivity index (χ0) is 16.9. The van der Waals surface area contributed by atoms with Crippen molar-refractivity contribution in [3.8, 4) is 5.75 Å². The molecule has 1 fully saturated rings. The second-order valence-corrected chi connectivity index (χ2v) is 5.72. The first-order chi connectivity index (χ1) is 11.6. The van der Waals surface area contributed by atoms with Gasteiger partial charge in [-0.1, -0.05) is 24.3 Å². The third kappa shape index (κ3) is 3.81. The van der Waals surface area contributed by atoms with Crippen molar-refractivity contribution in [2.45, 2.75) is 25.6 Å². The maximum atomic E-state index is 12.6. The van der Waals surface area contributed by atoms with Crippen molar-refractivity contribution in [1.29, 1.82) is 0 Å². The van der Waals surface area contributed by atoms with E-state index >= 15 is 0 Å². The summed E-state index contributed by atoms with van der Waals surface area (Å²) in [6.45, 7) is 0.698. The molecule has 0 aliphatic carbocycles. The third-order valence-corrected chi connectivity index (χ3v) is 3.91. The molecule has 1 saturated heterocycles. The van der Waals surface area contributed by atoms with E-state index in [9.17, 15) is 9.59 Å². The monoisotopic (exact) mass is 325 g/mol. The summed E-state index contributed by atoms with van der Waals surface area (Å²) in [4.78, 5) is 23.9. The largest absolute Gasteiger partial charge is 0.465 e. The van der Waals surface area contributed by atoms with E-state index in [1.807, 2.05) is 0 Å². The Morgan fingerprint density at radius 1 is 1.00 bits per heavy atom. The van der Waals surface area contributed by atoms with Gasteiger partial charge in [0, 0.05) is 23.1 Å². The van der Waals surface area contributed by atoms with Crippen molar-refractivity contribution in [3.63, 3.8) is 0 Å². The SMILES string of the molecule is NC(=O)c1cccc(C(=O)c2cccc(OC3CCCCO3)c2)c1. The average molecular weight is 325 g/mol. The van der Waals surface area contributed by atoms with E-state index in [1.165, 1.54) is 6.07 Å². The molecular formula is C19H19NO4. The van der Waals surface area contributed by atoms with Crippen LogP contribution in [0.2, 0.25) is 0 Å². The number of ketones is 1. The number of carbonyl (C=O) groups excluding carboxylic acids is 2. The molecule has 1 atom stereocenters. The number of amides is 1. The Morgan fingerprint density at radius 3 is 2.42 bits per heavy atom. The topological polar surface area (TPSA) is 78.6 Å². The maximum Gasteiger partial charge on any atom is 0.248 e. The van der Waals surface area contributed by atoms with Crippen molar-refractivity contribution in [1.82, 2.24) is 0 Å². The first-order valence-corrected chi connectivity index (χ1v) is 7.96. The van der Waals surface area contributed by atoms with Crippen LogP contribution in [0.1, 0.15) is 45.5 Å². The average Bonchev–Trinajstić information content (AvgIpc) is 2.62. The fraction of sp³-hybridized carbons (Fsp3) is 0.263. The van der Waals surface area contributed by atoms with Gasteiger partial charge in [-0.3, -0.25) is 9.59 Å². The highest BCUT2D eigenvalue weighted by Crippen LogP contribution is 2.22. The first kappa shape index (κ1) is 16.2. The predicted molar refractivity (Wildman–Crippen MR) is 89.1 cm³/mol. The molecule has 1 unspecified atom stereocenters. The molecule has 0 saturated carbocycles. The van der Waals surface area contributed by atoms with Gasteiger partial charge in [0.25, 0.3) is 0 Å². The number of carbonyl (C=O) groups is 2. The maximum absolute atomic E-state index is 12.6. The zero-order valence-electron chi connectivity index (χ0n) is 13.2. The highest BCUT2D eigenvalue weighted by molar-refractivity contribution is 6.10. The summed E-state index contributed by atoms with van der Waals surface area (Å²) >= 11 is 0. The Kier molecular flexibility index (Phi) is 4.91. The molecule has 0 bridgehead atoms. The Labute approximate surface area is 140 Å². The molecule has 0 radical (unpaired) electrons. The normalized spacial score (nSPS) is 17.2. The highest BCUT2D eigenvalue weighted by Gasteiger charge is 2.17. The summed E-state index contributed by atoms with van der Waals surface area (Å²) in [5, 5.41) is 0.